The van der Waals surface area contributed by atoms with Crippen molar-refractivity contribution >= 4 is 11.6 Å². The molecule has 0 saturated carbocycles. The predicted octanol–water partition coefficient (Wildman–Crippen LogP) is 1.12. The van der Waals surface area contributed by atoms with Gasteiger partial charge in [-0.25, -0.2) is 9.97 Å². The Labute approximate surface area is 92.5 Å². The van der Waals surface area contributed by atoms with Gasteiger partial charge in [-0.3, -0.25) is 10.1 Å². The molecule has 1 rings (SSSR count). The van der Waals surface area contributed by atoms with Crippen molar-refractivity contribution in [2.45, 2.75) is 19.4 Å². The van der Waals surface area contributed by atoms with Gasteiger partial charge in [-0.1, -0.05) is 0 Å². The van der Waals surface area contributed by atoms with Crippen LogP contribution in [0.15, 0.2) is 12.4 Å². The minimum atomic E-state index is -0.553. The standard InChI is InChI=1S/C9H11N5O2/c1-7(3-4-10)13(2)9-11-5-8(6-12-9)14(15)16/h5-7H,3H2,1-2H3. The number of aromatic nitrogens is 2. The molecular formula is C9H11N5O2. The molecule has 0 N–H and O–H groups in total. The number of anilines is 1. The van der Waals surface area contributed by atoms with E-state index in [4.69, 9.17) is 5.26 Å². The van der Waals surface area contributed by atoms with Crippen molar-refractivity contribution in [2.24, 2.45) is 0 Å². The van der Waals surface area contributed by atoms with Crippen LogP contribution in [0.4, 0.5) is 11.6 Å². The Hall–Kier alpha value is -2.23. The van der Waals surface area contributed by atoms with E-state index in [9.17, 15) is 10.1 Å². The van der Waals surface area contributed by atoms with Crippen LogP contribution in [0.2, 0.25) is 0 Å². The molecule has 84 valence electrons. The van der Waals surface area contributed by atoms with Crippen molar-refractivity contribution in [3.05, 3.63) is 22.5 Å². The molecule has 0 radical (unpaired) electrons. The second kappa shape index (κ2) is 5.02. The number of nitriles is 1. The van der Waals surface area contributed by atoms with Crippen molar-refractivity contribution < 1.29 is 4.92 Å². The third-order valence-electron chi connectivity index (χ3n) is 2.20. The molecule has 0 aliphatic rings. The molecule has 16 heavy (non-hydrogen) atoms. The second-order valence-corrected chi connectivity index (χ2v) is 3.32. The molecule has 0 saturated heterocycles. The van der Waals surface area contributed by atoms with Crippen molar-refractivity contribution in [1.29, 1.82) is 5.26 Å². The summed E-state index contributed by atoms with van der Waals surface area (Å²) >= 11 is 0. The number of hydrogen-bond donors (Lipinski definition) is 0. The van der Waals surface area contributed by atoms with Gasteiger partial charge in [0.25, 0.3) is 0 Å². The van der Waals surface area contributed by atoms with E-state index in [-0.39, 0.29) is 11.7 Å². The molecular weight excluding hydrogens is 210 g/mol. The summed E-state index contributed by atoms with van der Waals surface area (Å²) in [6, 6.07) is 2.01. The summed E-state index contributed by atoms with van der Waals surface area (Å²) in [4.78, 5) is 19.3. The molecule has 1 atom stereocenters. The highest BCUT2D eigenvalue weighted by Crippen LogP contribution is 2.13. The summed E-state index contributed by atoms with van der Waals surface area (Å²) in [5.41, 5.74) is -0.148. The Morgan fingerprint density at radius 2 is 2.19 bits per heavy atom. The largest absolute Gasteiger partial charge is 0.340 e. The lowest BCUT2D eigenvalue weighted by Gasteiger charge is -2.22. The molecule has 0 aromatic carbocycles. The summed E-state index contributed by atoms with van der Waals surface area (Å²) in [6.45, 7) is 1.86. The zero-order valence-corrected chi connectivity index (χ0v) is 8.99. The zero-order valence-electron chi connectivity index (χ0n) is 8.99. The van der Waals surface area contributed by atoms with E-state index in [1.54, 1.807) is 11.9 Å². The SMILES string of the molecule is CC(CC#N)N(C)c1ncc([N+](=O)[O-])cn1. The van der Waals surface area contributed by atoms with Crippen LogP contribution in [0.1, 0.15) is 13.3 Å². The van der Waals surface area contributed by atoms with Crippen LogP contribution >= 0.6 is 0 Å². The first-order valence-corrected chi connectivity index (χ1v) is 4.62. The number of hydrogen-bond acceptors (Lipinski definition) is 6. The number of nitro groups is 1. The lowest BCUT2D eigenvalue weighted by Crippen LogP contribution is -2.29. The van der Waals surface area contributed by atoms with E-state index < -0.39 is 4.92 Å². The molecule has 0 aliphatic heterocycles. The maximum Gasteiger partial charge on any atom is 0.305 e. The number of rotatable bonds is 4. The van der Waals surface area contributed by atoms with E-state index in [1.165, 1.54) is 0 Å². The van der Waals surface area contributed by atoms with Gasteiger partial charge in [0.05, 0.1) is 17.4 Å². The molecule has 0 fully saturated rings. The molecule has 0 spiro atoms. The van der Waals surface area contributed by atoms with Crippen molar-refractivity contribution in [2.75, 3.05) is 11.9 Å². The van der Waals surface area contributed by atoms with Gasteiger partial charge in [0.1, 0.15) is 12.4 Å². The minimum Gasteiger partial charge on any atom is -0.340 e. The third kappa shape index (κ3) is 2.63. The van der Waals surface area contributed by atoms with Gasteiger partial charge in [-0.2, -0.15) is 5.26 Å². The third-order valence-corrected chi connectivity index (χ3v) is 2.20. The van der Waals surface area contributed by atoms with Gasteiger partial charge >= 0.3 is 5.69 Å². The fourth-order valence-corrected chi connectivity index (χ4v) is 1.06. The topological polar surface area (TPSA) is 96.0 Å². The highest BCUT2D eigenvalue weighted by molar-refractivity contribution is 5.34. The molecule has 1 unspecified atom stereocenters. The predicted molar refractivity (Wildman–Crippen MR) is 56.8 cm³/mol. The first kappa shape index (κ1) is 11.8. The summed E-state index contributed by atoms with van der Waals surface area (Å²) in [7, 11) is 1.74. The molecule has 7 heteroatoms. The summed E-state index contributed by atoms with van der Waals surface area (Å²) in [6.07, 6.45) is 2.65. The second-order valence-electron chi connectivity index (χ2n) is 3.32. The Morgan fingerprint density at radius 3 is 2.62 bits per heavy atom. The van der Waals surface area contributed by atoms with Crippen molar-refractivity contribution in [1.82, 2.24) is 9.97 Å². The average molecular weight is 221 g/mol. The molecule has 0 amide bonds. The van der Waals surface area contributed by atoms with Crippen LogP contribution in [-0.4, -0.2) is 28.0 Å². The van der Waals surface area contributed by atoms with Crippen molar-refractivity contribution in [3.8, 4) is 6.07 Å². The van der Waals surface area contributed by atoms with Gasteiger partial charge in [0.15, 0.2) is 0 Å². The molecule has 7 nitrogen and oxygen atoms in total. The summed E-state index contributed by atoms with van der Waals surface area (Å²) < 4.78 is 0. The molecule has 1 aromatic rings. The van der Waals surface area contributed by atoms with Gasteiger partial charge < -0.3 is 4.90 Å². The van der Waals surface area contributed by atoms with E-state index in [2.05, 4.69) is 9.97 Å². The lowest BCUT2D eigenvalue weighted by molar-refractivity contribution is -0.385. The van der Waals surface area contributed by atoms with Crippen molar-refractivity contribution in [3.63, 3.8) is 0 Å². The van der Waals surface area contributed by atoms with Gasteiger partial charge in [0, 0.05) is 13.1 Å². The summed E-state index contributed by atoms with van der Waals surface area (Å²) in [5.74, 6) is 0.369. The van der Waals surface area contributed by atoms with Crippen LogP contribution in [0, 0.1) is 21.4 Å². The van der Waals surface area contributed by atoms with Crippen LogP contribution < -0.4 is 4.90 Å². The highest BCUT2D eigenvalue weighted by atomic mass is 16.6. The highest BCUT2D eigenvalue weighted by Gasteiger charge is 2.14. The lowest BCUT2D eigenvalue weighted by atomic mass is 10.2. The normalized spacial score (nSPS) is 11.6. The van der Waals surface area contributed by atoms with E-state index in [0.29, 0.717) is 12.4 Å². The monoisotopic (exact) mass is 221 g/mol. The van der Waals surface area contributed by atoms with Gasteiger partial charge in [0.2, 0.25) is 5.95 Å². The maximum atomic E-state index is 10.4. The Balaban J connectivity index is 2.82. The smallest absolute Gasteiger partial charge is 0.305 e. The fraction of sp³-hybridized carbons (Fsp3) is 0.444. The van der Waals surface area contributed by atoms with Gasteiger partial charge in [-0.15, -0.1) is 0 Å². The van der Waals surface area contributed by atoms with Crippen LogP contribution in [-0.2, 0) is 0 Å². The van der Waals surface area contributed by atoms with E-state index >= 15 is 0 Å². The molecule has 1 heterocycles. The van der Waals surface area contributed by atoms with Crippen LogP contribution in [0.25, 0.3) is 0 Å². The molecule has 0 bridgehead atoms. The summed E-state index contributed by atoms with van der Waals surface area (Å²) in [5, 5.41) is 18.9. The Kier molecular flexibility index (Phi) is 3.72. The first-order valence-electron chi connectivity index (χ1n) is 4.62. The number of nitrogens with zero attached hydrogens (tertiary/aromatic N) is 5. The minimum absolute atomic E-state index is 0.0357. The Bertz CT molecular complexity index is 411. The van der Waals surface area contributed by atoms with Crippen LogP contribution in [0.5, 0.6) is 0 Å². The average Bonchev–Trinajstić information content (AvgIpc) is 2.28. The van der Waals surface area contributed by atoms with E-state index in [0.717, 1.165) is 12.4 Å². The molecule has 1 aromatic heterocycles. The van der Waals surface area contributed by atoms with Gasteiger partial charge in [-0.05, 0) is 6.92 Å². The fourth-order valence-electron chi connectivity index (χ4n) is 1.06. The van der Waals surface area contributed by atoms with E-state index in [1.807, 2.05) is 13.0 Å². The maximum absolute atomic E-state index is 10.4. The zero-order chi connectivity index (χ0) is 12.1. The first-order chi connectivity index (χ1) is 7.56. The quantitative estimate of drug-likeness (QED) is 0.558. The Morgan fingerprint density at radius 1 is 1.62 bits per heavy atom. The van der Waals surface area contributed by atoms with Crippen LogP contribution in [0.3, 0.4) is 0 Å². The molecule has 0 aliphatic carbocycles.